The van der Waals surface area contributed by atoms with Crippen LogP contribution in [0.15, 0.2) is 24.3 Å². The van der Waals surface area contributed by atoms with Crippen molar-refractivity contribution in [2.45, 2.75) is 47.1 Å². The van der Waals surface area contributed by atoms with Gasteiger partial charge in [0.15, 0.2) is 0 Å². The average Bonchev–Trinajstić information content (AvgIpc) is 2.95. The Labute approximate surface area is 128 Å². The first-order valence-electron chi connectivity index (χ1n) is 7.93. The lowest BCUT2D eigenvalue weighted by Gasteiger charge is -2.10. The molecule has 4 heteroatoms. The van der Waals surface area contributed by atoms with Gasteiger partial charge in [-0.3, -0.25) is 4.79 Å². The molecule has 1 aromatic carbocycles. The van der Waals surface area contributed by atoms with Gasteiger partial charge in [0.1, 0.15) is 5.82 Å². The Morgan fingerprint density at radius 3 is 2.43 bits per heavy atom. The molecule has 0 saturated carbocycles. The van der Waals surface area contributed by atoms with Gasteiger partial charge in [0, 0.05) is 12.6 Å². The van der Waals surface area contributed by atoms with Crippen molar-refractivity contribution in [1.82, 2.24) is 10.6 Å². The molecule has 2 unspecified atom stereocenters. The van der Waals surface area contributed by atoms with E-state index < -0.39 is 5.82 Å². The zero-order valence-electron chi connectivity index (χ0n) is 13.9. The fourth-order valence-electron chi connectivity index (χ4n) is 2.17. The van der Waals surface area contributed by atoms with Crippen molar-refractivity contribution in [2.75, 3.05) is 13.1 Å². The largest absolute Gasteiger partial charge is 0.352 e. The Morgan fingerprint density at radius 1 is 1.29 bits per heavy atom. The SMILES string of the molecule is CC.CC.CC1CC(CNC(=O)c2ccccc2F)CN1. The number of benzene rings is 1. The summed E-state index contributed by atoms with van der Waals surface area (Å²) in [7, 11) is 0. The highest BCUT2D eigenvalue weighted by Gasteiger charge is 2.21. The maximum absolute atomic E-state index is 13.3. The predicted octanol–water partition coefficient (Wildman–Crippen LogP) is 3.61. The van der Waals surface area contributed by atoms with Gasteiger partial charge in [-0.25, -0.2) is 4.39 Å². The normalized spacial score (nSPS) is 19.7. The van der Waals surface area contributed by atoms with Gasteiger partial charge in [-0.05, 0) is 37.9 Å². The third-order valence-electron chi connectivity index (χ3n) is 3.11. The van der Waals surface area contributed by atoms with E-state index in [0.717, 1.165) is 13.0 Å². The molecule has 1 aromatic rings. The van der Waals surface area contributed by atoms with Gasteiger partial charge in [0.05, 0.1) is 5.56 Å². The maximum Gasteiger partial charge on any atom is 0.254 e. The molecule has 1 aliphatic heterocycles. The molecular weight excluding hydrogens is 267 g/mol. The molecule has 2 atom stereocenters. The van der Waals surface area contributed by atoms with Crippen LogP contribution in [0.2, 0.25) is 0 Å². The smallest absolute Gasteiger partial charge is 0.254 e. The summed E-state index contributed by atoms with van der Waals surface area (Å²) in [5.41, 5.74) is 0.117. The molecule has 1 heterocycles. The summed E-state index contributed by atoms with van der Waals surface area (Å²) >= 11 is 0. The minimum Gasteiger partial charge on any atom is -0.352 e. The first-order valence-corrected chi connectivity index (χ1v) is 7.93. The predicted molar refractivity (Wildman–Crippen MR) is 87.0 cm³/mol. The summed E-state index contributed by atoms with van der Waals surface area (Å²) in [5, 5.41) is 6.10. The van der Waals surface area contributed by atoms with Crippen molar-refractivity contribution in [3.05, 3.63) is 35.6 Å². The third kappa shape index (κ3) is 6.71. The van der Waals surface area contributed by atoms with Crippen LogP contribution in [-0.2, 0) is 0 Å². The molecule has 120 valence electrons. The summed E-state index contributed by atoms with van der Waals surface area (Å²) < 4.78 is 13.3. The van der Waals surface area contributed by atoms with E-state index in [-0.39, 0.29) is 11.5 Å². The van der Waals surface area contributed by atoms with Crippen LogP contribution < -0.4 is 10.6 Å². The molecule has 3 nitrogen and oxygen atoms in total. The zero-order valence-corrected chi connectivity index (χ0v) is 13.9. The highest BCUT2D eigenvalue weighted by atomic mass is 19.1. The summed E-state index contributed by atoms with van der Waals surface area (Å²) in [5.74, 6) is -0.355. The van der Waals surface area contributed by atoms with Crippen LogP contribution in [0.4, 0.5) is 4.39 Å². The van der Waals surface area contributed by atoms with Crippen LogP contribution in [0.1, 0.15) is 51.4 Å². The lowest BCUT2D eigenvalue weighted by Crippen LogP contribution is -2.30. The summed E-state index contributed by atoms with van der Waals surface area (Å²) in [6.07, 6.45) is 1.05. The number of hydrogen-bond donors (Lipinski definition) is 2. The first-order chi connectivity index (χ1) is 10.2. The third-order valence-corrected chi connectivity index (χ3v) is 3.11. The Balaban J connectivity index is 0.000000921. The van der Waals surface area contributed by atoms with E-state index in [1.54, 1.807) is 12.1 Å². The number of carbonyl (C=O) groups excluding carboxylic acids is 1. The summed E-state index contributed by atoms with van der Waals surface area (Å²) in [6, 6.07) is 6.55. The quantitative estimate of drug-likeness (QED) is 0.894. The Morgan fingerprint density at radius 2 is 1.90 bits per heavy atom. The van der Waals surface area contributed by atoms with Gasteiger partial charge in [-0.2, -0.15) is 0 Å². The lowest BCUT2D eigenvalue weighted by atomic mass is 10.1. The van der Waals surface area contributed by atoms with Crippen LogP contribution in [0, 0.1) is 11.7 Å². The van der Waals surface area contributed by atoms with Crippen molar-refractivity contribution in [3.63, 3.8) is 0 Å². The number of nitrogens with one attached hydrogen (secondary N) is 2. The highest BCUT2D eigenvalue weighted by Crippen LogP contribution is 2.12. The molecule has 0 radical (unpaired) electrons. The number of carbonyl (C=O) groups is 1. The number of halogens is 1. The topological polar surface area (TPSA) is 41.1 Å². The van der Waals surface area contributed by atoms with E-state index in [0.29, 0.717) is 18.5 Å². The lowest BCUT2D eigenvalue weighted by molar-refractivity contribution is 0.0944. The number of rotatable bonds is 3. The average molecular weight is 296 g/mol. The van der Waals surface area contributed by atoms with Gasteiger partial charge < -0.3 is 10.6 Å². The van der Waals surface area contributed by atoms with Gasteiger partial charge >= 0.3 is 0 Å². The van der Waals surface area contributed by atoms with Crippen molar-refractivity contribution >= 4 is 5.91 Å². The van der Waals surface area contributed by atoms with Gasteiger partial charge in [-0.15, -0.1) is 0 Å². The second-order valence-electron chi connectivity index (χ2n) is 4.60. The van der Waals surface area contributed by atoms with Gasteiger partial charge in [-0.1, -0.05) is 39.8 Å². The summed E-state index contributed by atoms with van der Waals surface area (Å²) in [6.45, 7) is 11.6. The molecule has 0 aromatic heterocycles. The van der Waals surface area contributed by atoms with Crippen LogP contribution in [0.25, 0.3) is 0 Å². The van der Waals surface area contributed by atoms with Crippen molar-refractivity contribution in [3.8, 4) is 0 Å². The van der Waals surface area contributed by atoms with E-state index in [2.05, 4.69) is 17.6 Å². The van der Waals surface area contributed by atoms with Crippen molar-refractivity contribution in [2.24, 2.45) is 5.92 Å². The first kappa shape index (κ1) is 19.6. The molecule has 0 aliphatic carbocycles. The second kappa shape index (κ2) is 11.3. The zero-order chi connectivity index (χ0) is 16.3. The minimum atomic E-state index is -0.470. The fraction of sp³-hybridized carbons (Fsp3) is 0.588. The van der Waals surface area contributed by atoms with Crippen molar-refractivity contribution in [1.29, 1.82) is 0 Å². The Kier molecular flexibility index (Phi) is 10.5. The molecule has 1 saturated heterocycles. The van der Waals surface area contributed by atoms with Crippen LogP contribution in [0.3, 0.4) is 0 Å². The maximum atomic E-state index is 13.3. The van der Waals surface area contributed by atoms with E-state index in [4.69, 9.17) is 0 Å². The molecule has 0 bridgehead atoms. The molecular formula is C17H29FN2O. The van der Waals surface area contributed by atoms with Gasteiger partial charge in [0.25, 0.3) is 5.91 Å². The van der Waals surface area contributed by atoms with Crippen LogP contribution in [0.5, 0.6) is 0 Å². The standard InChI is InChI=1S/C13H17FN2O.2C2H6/c1-9-6-10(7-15-9)8-16-13(17)11-4-2-3-5-12(11)14;2*1-2/h2-5,9-10,15H,6-8H2,1H3,(H,16,17);2*1-2H3. The highest BCUT2D eigenvalue weighted by molar-refractivity contribution is 5.94. The molecule has 21 heavy (non-hydrogen) atoms. The fourth-order valence-corrected chi connectivity index (χ4v) is 2.17. The minimum absolute atomic E-state index is 0.117. The molecule has 1 fully saturated rings. The molecule has 0 spiro atoms. The van der Waals surface area contributed by atoms with E-state index in [1.165, 1.54) is 12.1 Å². The van der Waals surface area contributed by atoms with Gasteiger partial charge in [0.2, 0.25) is 0 Å². The van der Waals surface area contributed by atoms with E-state index >= 15 is 0 Å². The van der Waals surface area contributed by atoms with Crippen molar-refractivity contribution < 1.29 is 9.18 Å². The molecule has 1 amide bonds. The summed E-state index contributed by atoms with van der Waals surface area (Å²) in [4.78, 5) is 11.7. The number of amides is 1. The molecule has 2 rings (SSSR count). The monoisotopic (exact) mass is 296 g/mol. The van der Waals surface area contributed by atoms with E-state index in [1.807, 2.05) is 27.7 Å². The second-order valence-corrected chi connectivity index (χ2v) is 4.60. The Bertz CT molecular complexity index is 410. The Hall–Kier alpha value is -1.42. The molecule has 1 aliphatic rings. The van der Waals surface area contributed by atoms with E-state index in [9.17, 15) is 9.18 Å². The van der Waals surface area contributed by atoms with Crippen LogP contribution >= 0.6 is 0 Å². The van der Waals surface area contributed by atoms with Crippen LogP contribution in [-0.4, -0.2) is 25.0 Å². The number of hydrogen-bond acceptors (Lipinski definition) is 2. The molecule has 2 N–H and O–H groups in total.